The van der Waals surface area contributed by atoms with Crippen molar-refractivity contribution in [2.45, 2.75) is 23.8 Å². The van der Waals surface area contributed by atoms with Crippen molar-refractivity contribution >= 4 is 21.6 Å². The van der Waals surface area contributed by atoms with Gasteiger partial charge in [-0.25, -0.2) is 8.42 Å². The van der Waals surface area contributed by atoms with Crippen LogP contribution in [0.4, 0.5) is 5.69 Å². The number of benzene rings is 2. The second-order valence-corrected chi connectivity index (χ2v) is 9.03. The highest BCUT2D eigenvalue weighted by Crippen LogP contribution is 2.25. The number of hydrogen-bond acceptors (Lipinski definition) is 5. The molecule has 29 heavy (non-hydrogen) atoms. The summed E-state index contributed by atoms with van der Waals surface area (Å²) in [4.78, 5) is 15.1. The number of hydrogen-bond donors (Lipinski definition) is 1. The van der Waals surface area contributed by atoms with Crippen LogP contribution < -0.4 is 14.4 Å². The van der Waals surface area contributed by atoms with Crippen molar-refractivity contribution in [1.29, 1.82) is 0 Å². The van der Waals surface area contributed by atoms with Crippen molar-refractivity contribution < 1.29 is 17.9 Å². The summed E-state index contributed by atoms with van der Waals surface area (Å²) in [6.07, 6.45) is 1.71. The van der Waals surface area contributed by atoms with Crippen LogP contribution in [0.3, 0.4) is 0 Å². The predicted molar refractivity (Wildman–Crippen MR) is 113 cm³/mol. The summed E-state index contributed by atoms with van der Waals surface area (Å²) in [6.45, 7) is 1.54. The molecule has 1 fully saturated rings. The van der Waals surface area contributed by atoms with E-state index in [0.29, 0.717) is 11.4 Å². The van der Waals surface area contributed by atoms with E-state index in [0.717, 1.165) is 30.2 Å². The number of ether oxygens (including phenoxy) is 1. The third-order valence-electron chi connectivity index (χ3n) is 5.06. The Morgan fingerprint density at radius 3 is 2.31 bits per heavy atom. The SMILES string of the molecule is COc1ccc(N(CC(=O)NC2CCN(C)CC2)S(=O)(=O)c2ccccc2)cc1. The number of amides is 1. The van der Waals surface area contributed by atoms with Gasteiger partial charge in [0.25, 0.3) is 10.0 Å². The third kappa shape index (κ3) is 5.27. The minimum atomic E-state index is -3.89. The largest absolute Gasteiger partial charge is 0.497 e. The van der Waals surface area contributed by atoms with Gasteiger partial charge >= 0.3 is 0 Å². The number of nitrogens with one attached hydrogen (secondary N) is 1. The summed E-state index contributed by atoms with van der Waals surface area (Å²) in [5, 5.41) is 2.99. The van der Waals surface area contributed by atoms with Crippen molar-refractivity contribution in [2.75, 3.05) is 38.1 Å². The molecule has 0 radical (unpaired) electrons. The van der Waals surface area contributed by atoms with Gasteiger partial charge in [0.1, 0.15) is 12.3 Å². The maximum Gasteiger partial charge on any atom is 0.264 e. The molecule has 0 atom stereocenters. The Morgan fingerprint density at radius 1 is 1.10 bits per heavy atom. The molecule has 3 rings (SSSR count). The quantitative estimate of drug-likeness (QED) is 0.746. The fourth-order valence-corrected chi connectivity index (χ4v) is 4.78. The van der Waals surface area contributed by atoms with Crippen molar-refractivity contribution in [3.8, 4) is 5.75 Å². The van der Waals surface area contributed by atoms with E-state index in [1.807, 2.05) is 0 Å². The van der Waals surface area contributed by atoms with Crippen molar-refractivity contribution in [3.05, 3.63) is 54.6 Å². The molecule has 1 aliphatic rings. The van der Waals surface area contributed by atoms with Crippen LogP contribution in [0.5, 0.6) is 5.75 Å². The number of likely N-dealkylation sites (tertiary alicyclic amines) is 1. The van der Waals surface area contributed by atoms with E-state index in [1.54, 1.807) is 49.6 Å². The van der Waals surface area contributed by atoms with Gasteiger partial charge in [-0.2, -0.15) is 0 Å². The molecule has 0 bridgehead atoms. The lowest BCUT2D eigenvalue weighted by atomic mass is 10.1. The molecule has 0 aromatic heterocycles. The molecule has 1 heterocycles. The standard InChI is InChI=1S/C21H27N3O4S/c1-23-14-12-17(13-15-23)22-21(25)16-24(18-8-10-19(28-2)11-9-18)29(26,27)20-6-4-3-5-7-20/h3-11,17H,12-16H2,1-2H3,(H,22,25). The lowest BCUT2D eigenvalue weighted by Gasteiger charge is -2.30. The molecule has 0 aliphatic carbocycles. The summed E-state index contributed by atoms with van der Waals surface area (Å²) in [5.74, 6) is 0.302. The second kappa shape index (κ2) is 9.28. The van der Waals surface area contributed by atoms with Gasteiger partial charge in [0, 0.05) is 6.04 Å². The molecular formula is C21H27N3O4S. The van der Waals surface area contributed by atoms with Crippen LogP contribution >= 0.6 is 0 Å². The molecule has 0 spiro atoms. The fraction of sp³-hybridized carbons (Fsp3) is 0.381. The van der Waals surface area contributed by atoms with Crippen molar-refractivity contribution in [1.82, 2.24) is 10.2 Å². The fourth-order valence-electron chi connectivity index (χ4n) is 3.34. The van der Waals surface area contributed by atoms with Crippen molar-refractivity contribution in [3.63, 3.8) is 0 Å². The number of methoxy groups -OCH3 is 1. The number of rotatable bonds is 7. The van der Waals surface area contributed by atoms with E-state index in [1.165, 1.54) is 12.1 Å². The van der Waals surface area contributed by atoms with E-state index in [-0.39, 0.29) is 23.4 Å². The maximum absolute atomic E-state index is 13.3. The van der Waals surface area contributed by atoms with Crippen LogP contribution in [0.25, 0.3) is 0 Å². The molecule has 1 saturated heterocycles. The molecule has 7 nitrogen and oxygen atoms in total. The molecule has 156 valence electrons. The summed E-state index contributed by atoms with van der Waals surface area (Å²) in [6, 6.07) is 14.8. The average Bonchev–Trinajstić information content (AvgIpc) is 2.74. The van der Waals surface area contributed by atoms with Crippen LogP contribution in [-0.4, -0.2) is 59.1 Å². The first-order valence-corrected chi connectivity index (χ1v) is 11.0. The second-order valence-electron chi connectivity index (χ2n) is 7.17. The van der Waals surface area contributed by atoms with Gasteiger partial charge in [0.15, 0.2) is 0 Å². The van der Waals surface area contributed by atoms with Crippen LogP contribution in [0.1, 0.15) is 12.8 Å². The Hall–Kier alpha value is -2.58. The predicted octanol–water partition coefficient (Wildman–Crippen LogP) is 2.10. The van der Waals surface area contributed by atoms with Crippen LogP contribution in [0.2, 0.25) is 0 Å². The van der Waals surface area contributed by atoms with E-state index >= 15 is 0 Å². The first-order chi connectivity index (χ1) is 13.9. The Balaban J connectivity index is 1.83. The molecule has 0 unspecified atom stereocenters. The Labute approximate surface area is 172 Å². The topological polar surface area (TPSA) is 79.0 Å². The smallest absolute Gasteiger partial charge is 0.264 e. The first kappa shape index (κ1) is 21.1. The first-order valence-electron chi connectivity index (χ1n) is 9.60. The average molecular weight is 418 g/mol. The van der Waals surface area contributed by atoms with E-state index in [2.05, 4.69) is 17.3 Å². The summed E-state index contributed by atoms with van der Waals surface area (Å²) in [7, 11) is -0.299. The molecule has 0 saturated carbocycles. The minimum absolute atomic E-state index is 0.0656. The normalized spacial score (nSPS) is 15.7. The van der Waals surface area contributed by atoms with Gasteiger partial charge in [-0.3, -0.25) is 9.10 Å². The van der Waals surface area contributed by atoms with Crippen LogP contribution in [0, 0.1) is 0 Å². The Bertz CT molecular complexity index is 909. The zero-order valence-electron chi connectivity index (χ0n) is 16.7. The highest BCUT2D eigenvalue weighted by molar-refractivity contribution is 7.92. The lowest BCUT2D eigenvalue weighted by molar-refractivity contribution is -0.120. The Kier molecular flexibility index (Phi) is 6.76. The molecule has 1 amide bonds. The van der Waals surface area contributed by atoms with Gasteiger partial charge in [-0.1, -0.05) is 18.2 Å². The zero-order valence-corrected chi connectivity index (χ0v) is 17.6. The summed E-state index contributed by atoms with van der Waals surface area (Å²) < 4.78 is 32.8. The number of nitrogens with zero attached hydrogens (tertiary/aromatic N) is 2. The Morgan fingerprint density at radius 2 is 1.72 bits per heavy atom. The number of sulfonamides is 1. The van der Waals surface area contributed by atoms with Crippen LogP contribution in [-0.2, 0) is 14.8 Å². The van der Waals surface area contributed by atoms with E-state index in [4.69, 9.17) is 4.74 Å². The summed E-state index contributed by atoms with van der Waals surface area (Å²) >= 11 is 0. The molecular weight excluding hydrogens is 390 g/mol. The highest BCUT2D eigenvalue weighted by Gasteiger charge is 2.28. The van der Waals surface area contributed by atoms with Gasteiger partial charge < -0.3 is 15.0 Å². The number of carbonyl (C=O) groups is 1. The molecule has 8 heteroatoms. The zero-order chi connectivity index (χ0) is 20.9. The van der Waals surface area contributed by atoms with Crippen molar-refractivity contribution in [2.24, 2.45) is 0 Å². The monoisotopic (exact) mass is 417 g/mol. The summed E-state index contributed by atoms with van der Waals surface area (Å²) in [5.41, 5.74) is 0.410. The molecule has 1 aliphatic heterocycles. The van der Waals surface area contributed by atoms with Gasteiger partial charge in [-0.05, 0) is 69.4 Å². The van der Waals surface area contributed by atoms with Crippen LogP contribution in [0.15, 0.2) is 59.5 Å². The molecule has 2 aromatic rings. The van der Waals surface area contributed by atoms with E-state index < -0.39 is 10.0 Å². The number of piperidine rings is 1. The van der Waals surface area contributed by atoms with Gasteiger partial charge in [0.05, 0.1) is 17.7 Å². The third-order valence-corrected chi connectivity index (χ3v) is 6.85. The minimum Gasteiger partial charge on any atom is -0.497 e. The van der Waals surface area contributed by atoms with Gasteiger partial charge in [0.2, 0.25) is 5.91 Å². The molecule has 1 N–H and O–H groups in total. The maximum atomic E-state index is 13.3. The number of anilines is 1. The van der Waals surface area contributed by atoms with E-state index in [9.17, 15) is 13.2 Å². The number of carbonyl (C=O) groups excluding carboxylic acids is 1. The van der Waals surface area contributed by atoms with Gasteiger partial charge in [-0.15, -0.1) is 0 Å². The lowest BCUT2D eigenvalue weighted by Crippen LogP contribution is -2.47. The highest BCUT2D eigenvalue weighted by atomic mass is 32.2. The molecule has 2 aromatic carbocycles.